The number of benzene rings is 1. The summed E-state index contributed by atoms with van der Waals surface area (Å²) in [5.74, 6) is -0.482. The Morgan fingerprint density at radius 2 is 2.28 bits per heavy atom. The zero-order chi connectivity index (χ0) is 13.3. The van der Waals surface area contributed by atoms with Gasteiger partial charge in [0.2, 0.25) is 0 Å². The van der Waals surface area contributed by atoms with Gasteiger partial charge in [-0.3, -0.25) is 4.79 Å². The van der Waals surface area contributed by atoms with Gasteiger partial charge in [-0.1, -0.05) is 0 Å². The SMILES string of the molecule is CC1OCCC1N(C)C(=O)c1ccc(F)c(Br)c1. The number of carbonyl (C=O) groups is 1. The average Bonchev–Trinajstić information content (AvgIpc) is 2.77. The fourth-order valence-corrected chi connectivity index (χ4v) is 2.59. The van der Waals surface area contributed by atoms with Crippen LogP contribution in [-0.2, 0) is 4.74 Å². The lowest BCUT2D eigenvalue weighted by molar-refractivity contribution is 0.0574. The monoisotopic (exact) mass is 315 g/mol. The molecule has 1 heterocycles. The summed E-state index contributed by atoms with van der Waals surface area (Å²) in [6.45, 7) is 2.64. The van der Waals surface area contributed by atoms with Crippen molar-refractivity contribution in [1.29, 1.82) is 0 Å². The Balaban J connectivity index is 2.17. The van der Waals surface area contributed by atoms with Crippen LogP contribution < -0.4 is 0 Å². The summed E-state index contributed by atoms with van der Waals surface area (Å²) >= 11 is 3.09. The normalized spacial score (nSPS) is 23.1. The molecule has 3 nitrogen and oxygen atoms in total. The number of hydrogen-bond donors (Lipinski definition) is 0. The van der Waals surface area contributed by atoms with E-state index in [4.69, 9.17) is 4.74 Å². The average molecular weight is 316 g/mol. The van der Waals surface area contributed by atoms with Gasteiger partial charge in [0.05, 0.1) is 16.6 Å². The predicted octanol–water partition coefficient (Wildman–Crippen LogP) is 2.84. The molecule has 18 heavy (non-hydrogen) atoms. The van der Waals surface area contributed by atoms with E-state index in [0.717, 1.165) is 6.42 Å². The van der Waals surface area contributed by atoms with Crippen LogP contribution in [0.25, 0.3) is 0 Å². The van der Waals surface area contributed by atoms with Crippen LogP contribution in [0.15, 0.2) is 22.7 Å². The van der Waals surface area contributed by atoms with E-state index in [1.54, 1.807) is 11.9 Å². The van der Waals surface area contributed by atoms with E-state index in [2.05, 4.69) is 15.9 Å². The molecule has 1 saturated heterocycles. The zero-order valence-electron chi connectivity index (χ0n) is 10.3. The lowest BCUT2D eigenvalue weighted by Gasteiger charge is -2.26. The van der Waals surface area contributed by atoms with Gasteiger partial charge in [-0.05, 0) is 47.5 Å². The number of amides is 1. The number of halogens is 2. The van der Waals surface area contributed by atoms with E-state index in [9.17, 15) is 9.18 Å². The highest BCUT2D eigenvalue weighted by Gasteiger charge is 2.31. The third-order valence-electron chi connectivity index (χ3n) is 3.32. The van der Waals surface area contributed by atoms with Crippen LogP contribution >= 0.6 is 15.9 Å². The summed E-state index contributed by atoms with van der Waals surface area (Å²) in [6.07, 6.45) is 0.883. The first kappa shape index (κ1) is 13.5. The van der Waals surface area contributed by atoms with E-state index in [1.165, 1.54) is 18.2 Å². The first-order valence-corrected chi connectivity index (χ1v) is 6.64. The van der Waals surface area contributed by atoms with Crippen LogP contribution in [0.2, 0.25) is 0 Å². The van der Waals surface area contributed by atoms with Crippen molar-refractivity contribution >= 4 is 21.8 Å². The molecule has 2 unspecified atom stereocenters. The number of rotatable bonds is 2. The standard InChI is InChI=1S/C13H15BrFNO2/c1-8-12(5-6-18-8)16(2)13(17)9-3-4-11(15)10(14)7-9/h3-4,7-8,12H,5-6H2,1-2H3. The van der Waals surface area contributed by atoms with Gasteiger partial charge in [-0.25, -0.2) is 4.39 Å². The molecule has 0 aliphatic carbocycles. The van der Waals surface area contributed by atoms with Crippen LogP contribution in [0.4, 0.5) is 4.39 Å². The van der Waals surface area contributed by atoms with Crippen molar-refractivity contribution in [3.05, 3.63) is 34.1 Å². The van der Waals surface area contributed by atoms with Crippen molar-refractivity contribution in [2.24, 2.45) is 0 Å². The van der Waals surface area contributed by atoms with Crippen molar-refractivity contribution in [1.82, 2.24) is 4.90 Å². The highest BCUT2D eigenvalue weighted by Crippen LogP contribution is 2.22. The van der Waals surface area contributed by atoms with Gasteiger partial charge in [0, 0.05) is 19.2 Å². The van der Waals surface area contributed by atoms with Gasteiger partial charge in [-0.2, -0.15) is 0 Å². The van der Waals surface area contributed by atoms with Gasteiger partial charge < -0.3 is 9.64 Å². The van der Waals surface area contributed by atoms with Gasteiger partial charge in [0.15, 0.2) is 0 Å². The van der Waals surface area contributed by atoms with Crippen LogP contribution in [-0.4, -0.2) is 36.6 Å². The Bertz CT molecular complexity index is 466. The molecule has 2 atom stereocenters. The number of carbonyl (C=O) groups excluding carboxylic acids is 1. The van der Waals surface area contributed by atoms with Crippen LogP contribution in [0.3, 0.4) is 0 Å². The second-order valence-electron chi connectivity index (χ2n) is 4.48. The van der Waals surface area contributed by atoms with Gasteiger partial charge in [0.25, 0.3) is 5.91 Å². The maximum absolute atomic E-state index is 13.1. The van der Waals surface area contributed by atoms with Crippen molar-refractivity contribution in [2.45, 2.75) is 25.5 Å². The summed E-state index contributed by atoms with van der Waals surface area (Å²) in [7, 11) is 1.76. The quantitative estimate of drug-likeness (QED) is 0.840. The first-order chi connectivity index (χ1) is 8.50. The fourth-order valence-electron chi connectivity index (χ4n) is 2.21. The Hall–Kier alpha value is -0.940. The minimum atomic E-state index is -0.369. The van der Waals surface area contributed by atoms with Crippen LogP contribution in [0.5, 0.6) is 0 Å². The molecule has 0 spiro atoms. The highest BCUT2D eigenvalue weighted by atomic mass is 79.9. The van der Waals surface area contributed by atoms with Crippen molar-refractivity contribution in [3.63, 3.8) is 0 Å². The highest BCUT2D eigenvalue weighted by molar-refractivity contribution is 9.10. The number of hydrogen-bond acceptors (Lipinski definition) is 2. The zero-order valence-corrected chi connectivity index (χ0v) is 11.9. The molecule has 0 saturated carbocycles. The number of nitrogens with zero attached hydrogens (tertiary/aromatic N) is 1. The predicted molar refractivity (Wildman–Crippen MR) is 70.0 cm³/mol. The van der Waals surface area contributed by atoms with Crippen molar-refractivity contribution in [2.75, 3.05) is 13.7 Å². The Labute approximate surface area is 114 Å². The molecule has 0 aromatic heterocycles. The molecule has 0 N–H and O–H groups in total. The van der Waals surface area contributed by atoms with E-state index < -0.39 is 0 Å². The molecule has 5 heteroatoms. The molecule has 1 aromatic carbocycles. The van der Waals surface area contributed by atoms with Gasteiger partial charge >= 0.3 is 0 Å². The summed E-state index contributed by atoms with van der Waals surface area (Å²) in [5.41, 5.74) is 0.477. The van der Waals surface area contributed by atoms with Crippen molar-refractivity contribution in [3.8, 4) is 0 Å². The summed E-state index contributed by atoms with van der Waals surface area (Å²) in [4.78, 5) is 13.9. The molecule has 1 aliphatic rings. The molecule has 1 amide bonds. The Morgan fingerprint density at radius 1 is 1.56 bits per heavy atom. The molecule has 0 bridgehead atoms. The second-order valence-corrected chi connectivity index (χ2v) is 5.33. The van der Waals surface area contributed by atoms with E-state index in [-0.39, 0.29) is 23.9 Å². The summed E-state index contributed by atoms with van der Waals surface area (Å²) in [6, 6.07) is 4.38. The molecule has 1 aromatic rings. The van der Waals surface area contributed by atoms with E-state index in [0.29, 0.717) is 16.6 Å². The lowest BCUT2D eigenvalue weighted by atomic mass is 10.1. The minimum absolute atomic E-state index is 0.0443. The maximum Gasteiger partial charge on any atom is 0.253 e. The lowest BCUT2D eigenvalue weighted by Crippen LogP contribution is -2.41. The Morgan fingerprint density at radius 3 is 2.83 bits per heavy atom. The van der Waals surface area contributed by atoms with Crippen LogP contribution in [0.1, 0.15) is 23.7 Å². The van der Waals surface area contributed by atoms with Gasteiger partial charge in [0.1, 0.15) is 5.82 Å². The molecular formula is C13H15BrFNO2. The van der Waals surface area contributed by atoms with Crippen molar-refractivity contribution < 1.29 is 13.9 Å². The molecule has 1 aliphatic heterocycles. The van der Waals surface area contributed by atoms with Gasteiger partial charge in [-0.15, -0.1) is 0 Å². The Kier molecular flexibility index (Phi) is 4.02. The fraction of sp³-hybridized carbons (Fsp3) is 0.462. The summed E-state index contributed by atoms with van der Waals surface area (Å²) in [5, 5.41) is 0. The van der Waals surface area contributed by atoms with E-state index in [1.807, 2.05) is 6.92 Å². The number of likely N-dealkylation sites (N-methyl/N-ethyl adjacent to an activating group) is 1. The molecule has 98 valence electrons. The third-order valence-corrected chi connectivity index (χ3v) is 3.93. The smallest absolute Gasteiger partial charge is 0.253 e. The molecule has 1 fully saturated rings. The number of ether oxygens (including phenoxy) is 1. The molecule has 2 rings (SSSR count). The third kappa shape index (κ3) is 2.57. The maximum atomic E-state index is 13.1. The van der Waals surface area contributed by atoms with E-state index >= 15 is 0 Å². The minimum Gasteiger partial charge on any atom is -0.376 e. The second kappa shape index (κ2) is 5.36. The molecular weight excluding hydrogens is 301 g/mol. The molecule has 0 radical (unpaired) electrons. The topological polar surface area (TPSA) is 29.5 Å². The summed E-state index contributed by atoms with van der Waals surface area (Å²) < 4.78 is 18.9. The van der Waals surface area contributed by atoms with Crippen LogP contribution in [0, 0.1) is 5.82 Å². The first-order valence-electron chi connectivity index (χ1n) is 5.84. The largest absolute Gasteiger partial charge is 0.376 e.